The van der Waals surface area contributed by atoms with Crippen LogP contribution in [0.1, 0.15) is 53.3 Å². The second-order valence-electron chi connectivity index (χ2n) is 9.29. The van der Waals surface area contributed by atoms with Gasteiger partial charge in [0.05, 0.1) is 12.1 Å². The number of hydrogen-bond acceptors (Lipinski definition) is 7. The molecule has 0 unspecified atom stereocenters. The molecular formula is C25H29ClN6O3. The lowest BCUT2D eigenvalue weighted by molar-refractivity contribution is 0.0235. The van der Waals surface area contributed by atoms with E-state index in [9.17, 15) is 9.90 Å². The molecule has 1 aliphatic heterocycles. The SMILES string of the molecule is Cc1cnc(NC2CCOCC2)nc1-n1cnc(C(=O)N[C@@H](c2cccc(Cl)c2)C2CC(O)C2)c1. The van der Waals surface area contributed by atoms with Crippen LogP contribution in [0.15, 0.2) is 43.0 Å². The molecule has 2 aromatic heterocycles. The van der Waals surface area contributed by atoms with Crippen molar-refractivity contribution in [2.75, 3.05) is 18.5 Å². The van der Waals surface area contributed by atoms with Crippen molar-refractivity contribution in [3.8, 4) is 5.82 Å². The Hall–Kier alpha value is -3.01. The number of aryl methyl sites for hydroxylation is 1. The molecule has 0 radical (unpaired) electrons. The average molecular weight is 497 g/mol. The predicted octanol–water partition coefficient (Wildman–Crippen LogP) is 3.46. The van der Waals surface area contributed by atoms with Crippen molar-refractivity contribution in [2.45, 2.75) is 50.8 Å². The second kappa shape index (κ2) is 10.3. The van der Waals surface area contributed by atoms with Crippen molar-refractivity contribution in [3.05, 3.63) is 64.8 Å². The number of aliphatic hydroxyl groups excluding tert-OH is 1. The van der Waals surface area contributed by atoms with Gasteiger partial charge in [0.25, 0.3) is 5.91 Å². The number of hydrogen-bond donors (Lipinski definition) is 3. The van der Waals surface area contributed by atoms with Gasteiger partial charge >= 0.3 is 0 Å². The molecule has 3 N–H and O–H groups in total. The predicted molar refractivity (Wildman–Crippen MR) is 132 cm³/mol. The highest BCUT2D eigenvalue weighted by Crippen LogP contribution is 2.38. The number of amides is 1. The highest BCUT2D eigenvalue weighted by molar-refractivity contribution is 6.30. The summed E-state index contributed by atoms with van der Waals surface area (Å²) in [5.74, 6) is 1.05. The first kappa shape index (κ1) is 23.7. The number of ether oxygens (including phenoxy) is 1. The Balaban J connectivity index is 1.33. The van der Waals surface area contributed by atoms with Gasteiger partial charge in [-0.3, -0.25) is 9.36 Å². The molecule has 1 saturated carbocycles. The zero-order valence-corrected chi connectivity index (χ0v) is 20.3. The molecule has 10 heteroatoms. The van der Waals surface area contributed by atoms with Crippen molar-refractivity contribution in [1.29, 1.82) is 0 Å². The van der Waals surface area contributed by atoms with E-state index in [1.165, 1.54) is 0 Å². The maximum absolute atomic E-state index is 13.2. The van der Waals surface area contributed by atoms with Gasteiger partial charge in [-0.1, -0.05) is 23.7 Å². The third-order valence-electron chi connectivity index (χ3n) is 6.67. The van der Waals surface area contributed by atoms with Gasteiger partial charge in [0.1, 0.15) is 17.8 Å². The minimum Gasteiger partial charge on any atom is -0.393 e. The van der Waals surface area contributed by atoms with E-state index in [4.69, 9.17) is 16.3 Å². The molecule has 1 aliphatic carbocycles. The number of nitrogens with zero attached hydrogens (tertiary/aromatic N) is 4. The number of nitrogens with one attached hydrogen (secondary N) is 2. The Kier molecular flexibility index (Phi) is 6.99. The Morgan fingerprint density at radius 1 is 1.26 bits per heavy atom. The van der Waals surface area contributed by atoms with E-state index in [1.54, 1.807) is 29.4 Å². The molecule has 1 aromatic carbocycles. The zero-order chi connectivity index (χ0) is 24.4. The quantitative estimate of drug-likeness (QED) is 0.459. The van der Waals surface area contributed by atoms with Gasteiger partial charge in [-0.2, -0.15) is 4.98 Å². The van der Waals surface area contributed by atoms with Crippen LogP contribution in [0, 0.1) is 12.8 Å². The fourth-order valence-electron chi connectivity index (χ4n) is 4.63. The highest BCUT2D eigenvalue weighted by atomic mass is 35.5. The van der Waals surface area contributed by atoms with Gasteiger partial charge in [0.15, 0.2) is 0 Å². The number of carbonyl (C=O) groups excluding carboxylic acids is 1. The Morgan fingerprint density at radius 3 is 2.80 bits per heavy atom. The molecule has 2 fully saturated rings. The number of rotatable bonds is 7. The lowest BCUT2D eigenvalue weighted by Gasteiger charge is -2.38. The lowest BCUT2D eigenvalue weighted by atomic mass is 9.75. The molecule has 1 atom stereocenters. The van der Waals surface area contributed by atoms with Gasteiger partial charge < -0.3 is 20.5 Å². The Bertz CT molecular complexity index is 1190. The molecule has 0 spiro atoms. The topological polar surface area (TPSA) is 114 Å². The molecule has 3 heterocycles. The molecule has 35 heavy (non-hydrogen) atoms. The zero-order valence-electron chi connectivity index (χ0n) is 19.5. The number of benzene rings is 1. The summed E-state index contributed by atoms with van der Waals surface area (Å²) in [5.41, 5.74) is 2.07. The van der Waals surface area contributed by atoms with Crippen LogP contribution >= 0.6 is 11.6 Å². The van der Waals surface area contributed by atoms with E-state index in [0.717, 1.165) is 37.2 Å². The van der Waals surface area contributed by atoms with Crippen LogP contribution in [0.25, 0.3) is 5.82 Å². The first-order valence-electron chi connectivity index (χ1n) is 11.9. The Morgan fingerprint density at radius 2 is 2.06 bits per heavy atom. The van der Waals surface area contributed by atoms with Crippen molar-refractivity contribution >= 4 is 23.5 Å². The fraction of sp³-hybridized carbons (Fsp3) is 0.440. The smallest absolute Gasteiger partial charge is 0.271 e. The van der Waals surface area contributed by atoms with Crippen molar-refractivity contribution in [3.63, 3.8) is 0 Å². The van der Waals surface area contributed by atoms with Gasteiger partial charge in [0.2, 0.25) is 5.95 Å². The summed E-state index contributed by atoms with van der Waals surface area (Å²) in [6.45, 7) is 3.38. The maximum atomic E-state index is 13.2. The van der Waals surface area contributed by atoms with E-state index >= 15 is 0 Å². The lowest BCUT2D eigenvalue weighted by Crippen LogP contribution is -2.41. The number of aromatic nitrogens is 4. The van der Waals surface area contributed by atoms with Crippen LogP contribution < -0.4 is 10.6 Å². The van der Waals surface area contributed by atoms with Gasteiger partial charge in [0, 0.05) is 42.2 Å². The van der Waals surface area contributed by atoms with Crippen LogP contribution in [0.4, 0.5) is 5.95 Å². The van der Waals surface area contributed by atoms with E-state index in [0.29, 0.717) is 29.6 Å². The molecular weight excluding hydrogens is 468 g/mol. The van der Waals surface area contributed by atoms with Crippen LogP contribution in [0.3, 0.4) is 0 Å². The van der Waals surface area contributed by atoms with Crippen molar-refractivity contribution < 1.29 is 14.6 Å². The summed E-state index contributed by atoms with van der Waals surface area (Å²) in [7, 11) is 0. The van der Waals surface area contributed by atoms with E-state index in [1.807, 2.05) is 25.1 Å². The number of aliphatic hydroxyl groups is 1. The van der Waals surface area contributed by atoms with Crippen LogP contribution in [0.5, 0.6) is 0 Å². The summed E-state index contributed by atoms with van der Waals surface area (Å²) in [6, 6.07) is 7.48. The van der Waals surface area contributed by atoms with E-state index < -0.39 is 0 Å². The molecule has 0 bridgehead atoms. The minimum absolute atomic E-state index is 0.137. The highest BCUT2D eigenvalue weighted by Gasteiger charge is 2.36. The molecule has 184 valence electrons. The summed E-state index contributed by atoms with van der Waals surface area (Å²) in [6.07, 6.45) is 7.78. The average Bonchev–Trinajstić information content (AvgIpc) is 3.33. The van der Waals surface area contributed by atoms with Gasteiger partial charge in [-0.25, -0.2) is 9.97 Å². The van der Waals surface area contributed by atoms with Crippen LogP contribution in [-0.2, 0) is 4.74 Å². The third-order valence-corrected chi connectivity index (χ3v) is 6.91. The molecule has 1 amide bonds. The van der Waals surface area contributed by atoms with Crippen molar-refractivity contribution in [2.24, 2.45) is 5.92 Å². The first-order valence-corrected chi connectivity index (χ1v) is 12.3. The number of imidazole rings is 1. The van der Waals surface area contributed by atoms with Crippen LogP contribution in [0.2, 0.25) is 5.02 Å². The second-order valence-corrected chi connectivity index (χ2v) is 9.73. The summed E-state index contributed by atoms with van der Waals surface area (Å²) in [5, 5.41) is 16.9. The fourth-order valence-corrected chi connectivity index (χ4v) is 4.83. The molecule has 5 rings (SSSR count). The minimum atomic E-state index is -0.331. The van der Waals surface area contributed by atoms with Gasteiger partial charge in [-0.15, -0.1) is 0 Å². The summed E-state index contributed by atoms with van der Waals surface area (Å²) >= 11 is 6.20. The van der Waals surface area contributed by atoms with E-state index in [2.05, 4.69) is 25.6 Å². The standard InChI is InChI=1S/C25H29ClN6O3/c1-15-12-27-25(29-19-5-7-35-8-6-19)31-23(15)32-13-21(28-14-32)24(34)30-22(17-10-20(33)11-17)16-3-2-4-18(26)9-16/h2-4,9,12-14,17,19-20,22,33H,5-8,10-11H2,1H3,(H,30,34)(H,27,29,31)/t17?,20?,22-/m0/s1. The molecule has 2 aliphatic rings. The van der Waals surface area contributed by atoms with Gasteiger partial charge in [-0.05, 0) is 56.2 Å². The normalized spacial score (nSPS) is 21.2. The monoisotopic (exact) mass is 496 g/mol. The Labute approximate surface area is 208 Å². The molecule has 1 saturated heterocycles. The number of carbonyl (C=O) groups is 1. The number of halogens is 1. The van der Waals surface area contributed by atoms with Crippen molar-refractivity contribution in [1.82, 2.24) is 24.8 Å². The molecule has 9 nitrogen and oxygen atoms in total. The maximum Gasteiger partial charge on any atom is 0.271 e. The van der Waals surface area contributed by atoms with Crippen LogP contribution in [-0.4, -0.2) is 55.9 Å². The first-order chi connectivity index (χ1) is 17.0. The number of anilines is 1. The summed E-state index contributed by atoms with van der Waals surface area (Å²) < 4.78 is 7.16. The largest absolute Gasteiger partial charge is 0.393 e. The third kappa shape index (κ3) is 5.47. The van der Waals surface area contributed by atoms with E-state index in [-0.39, 0.29) is 35.7 Å². The summed E-state index contributed by atoms with van der Waals surface area (Å²) in [4.78, 5) is 26.6. The molecule has 3 aromatic rings.